The normalized spacial score (nSPS) is 11.2. The van der Waals surface area contributed by atoms with Crippen LogP contribution in [0.4, 0.5) is 14.5 Å². The number of rotatable bonds is 6. The molecule has 5 nitrogen and oxygen atoms in total. The summed E-state index contributed by atoms with van der Waals surface area (Å²) in [5, 5.41) is 13.7. The molecule has 3 rings (SSSR count). The lowest BCUT2D eigenvalue weighted by Gasteiger charge is -2.13. The first kappa shape index (κ1) is 20.5. The van der Waals surface area contributed by atoms with Crippen molar-refractivity contribution in [3.63, 3.8) is 0 Å². The first-order valence-corrected chi connectivity index (χ1v) is 10.5. The number of aromatic nitrogens is 3. The van der Waals surface area contributed by atoms with Gasteiger partial charge in [-0.15, -0.1) is 21.5 Å². The van der Waals surface area contributed by atoms with E-state index in [-0.39, 0.29) is 17.5 Å². The number of carbonyl (C=O) groups is 1. The molecule has 0 spiro atoms. The van der Waals surface area contributed by atoms with Crippen molar-refractivity contribution in [1.29, 1.82) is 0 Å². The third-order valence-electron chi connectivity index (χ3n) is 4.25. The van der Waals surface area contributed by atoms with Gasteiger partial charge in [0.2, 0.25) is 5.91 Å². The highest BCUT2D eigenvalue weighted by Gasteiger charge is 2.20. The smallest absolute Gasteiger partial charge is 0.234 e. The molecule has 0 bridgehead atoms. The van der Waals surface area contributed by atoms with Crippen molar-refractivity contribution in [2.24, 2.45) is 0 Å². The van der Waals surface area contributed by atoms with Gasteiger partial charge in [0.05, 0.1) is 11.4 Å². The largest absolute Gasteiger partial charge is 0.323 e. The van der Waals surface area contributed by atoms with Crippen molar-refractivity contribution in [2.75, 3.05) is 11.1 Å². The van der Waals surface area contributed by atoms with E-state index in [1.165, 1.54) is 28.3 Å². The van der Waals surface area contributed by atoms with Gasteiger partial charge in [-0.25, -0.2) is 8.78 Å². The summed E-state index contributed by atoms with van der Waals surface area (Å²) >= 11 is 2.89. The fourth-order valence-electron chi connectivity index (χ4n) is 2.67. The highest BCUT2D eigenvalue weighted by molar-refractivity contribution is 7.99. The molecule has 1 amide bonds. The van der Waals surface area contributed by atoms with Crippen LogP contribution >= 0.6 is 23.1 Å². The summed E-state index contributed by atoms with van der Waals surface area (Å²) in [6, 6.07) is 3.13. The fraction of sp³-hybridized carbons (Fsp3) is 0.316. The minimum absolute atomic E-state index is 0.0311. The van der Waals surface area contributed by atoms with Crippen molar-refractivity contribution in [1.82, 2.24) is 14.8 Å². The number of hydrogen-bond acceptors (Lipinski definition) is 5. The molecule has 0 aliphatic rings. The van der Waals surface area contributed by atoms with Crippen molar-refractivity contribution in [3.8, 4) is 11.4 Å². The fourth-order valence-corrected chi connectivity index (χ4v) is 4.40. The van der Waals surface area contributed by atoms with E-state index < -0.39 is 17.5 Å². The van der Waals surface area contributed by atoms with Crippen LogP contribution in [0, 0.1) is 25.5 Å². The highest BCUT2D eigenvalue weighted by Crippen LogP contribution is 2.33. The molecular formula is C19H20F2N4OS2. The van der Waals surface area contributed by atoms with Gasteiger partial charge in [0.25, 0.3) is 0 Å². The molecule has 9 heteroatoms. The Kier molecular flexibility index (Phi) is 6.14. The number of halogens is 2. The maximum atomic E-state index is 13.7. The standard InChI is InChI=1S/C19H20F2N4OS2/c1-10(2)25-18(14-8-27-12(4)11(14)3)23-24-19(25)28-9-17(26)22-16-6-5-13(20)7-15(16)21/h5-8,10H,9H2,1-4H3,(H,22,26). The van der Waals surface area contributed by atoms with Gasteiger partial charge < -0.3 is 5.32 Å². The molecule has 2 heterocycles. The number of thiophene rings is 1. The van der Waals surface area contributed by atoms with E-state index in [9.17, 15) is 13.6 Å². The van der Waals surface area contributed by atoms with Crippen LogP contribution in [0.1, 0.15) is 30.3 Å². The molecule has 28 heavy (non-hydrogen) atoms. The van der Waals surface area contributed by atoms with Gasteiger partial charge >= 0.3 is 0 Å². The lowest BCUT2D eigenvalue weighted by Crippen LogP contribution is -2.16. The second kappa shape index (κ2) is 8.40. The SMILES string of the molecule is Cc1scc(-c2nnc(SCC(=O)Nc3ccc(F)cc3F)n2C(C)C)c1C. The van der Waals surface area contributed by atoms with Crippen molar-refractivity contribution >= 4 is 34.7 Å². The number of carbonyl (C=O) groups excluding carboxylic acids is 1. The number of aryl methyl sites for hydroxylation is 1. The first-order valence-electron chi connectivity index (χ1n) is 8.65. The zero-order valence-corrected chi connectivity index (χ0v) is 17.5. The Hall–Kier alpha value is -2.26. The van der Waals surface area contributed by atoms with Gasteiger partial charge in [0, 0.05) is 27.9 Å². The minimum Gasteiger partial charge on any atom is -0.323 e. The quantitative estimate of drug-likeness (QED) is 0.554. The summed E-state index contributed by atoms with van der Waals surface area (Å²) in [4.78, 5) is 13.4. The number of nitrogens with zero attached hydrogens (tertiary/aromatic N) is 3. The number of benzene rings is 1. The molecule has 2 aromatic heterocycles. The molecule has 1 N–H and O–H groups in total. The molecule has 0 aliphatic heterocycles. The van der Waals surface area contributed by atoms with E-state index in [4.69, 9.17) is 0 Å². The third-order valence-corrected chi connectivity index (χ3v) is 6.20. The van der Waals surface area contributed by atoms with Crippen LogP contribution in [0.15, 0.2) is 28.7 Å². The average molecular weight is 423 g/mol. The Morgan fingerprint density at radius 2 is 2.04 bits per heavy atom. The molecule has 3 aromatic rings. The number of thioether (sulfide) groups is 1. The molecular weight excluding hydrogens is 402 g/mol. The zero-order chi connectivity index (χ0) is 20.4. The predicted octanol–water partition coefficient (Wildman–Crippen LogP) is 5.21. The summed E-state index contributed by atoms with van der Waals surface area (Å²) in [7, 11) is 0. The van der Waals surface area contributed by atoms with E-state index in [0.717, 1.165) is 23.5 Å². The Morgan fingerprint density at radius 1 is 1.29 bits per heavy atom. The maximum Gasteiger partial charge on any atom is 0.234 e. The van der Waals surface area contributed by atoms with E-state index in [2.05, 4.69) is 34.7 Å². The minimum atomic E-state index is -0.811. The summed E-state index contributed by atoms with van der Waals surface area (Å²) < 4.78 is 28.7. The lowest BCUT2D eigenvalue weighted by molar-refractivity contribution is -0.113. The molecule has 0 radical (unpaired) electrons. The third kappa shape index (κ3) is 4.25. The number of amides is 1. The zero-order valence-electron chi connectivity index (χ0n) is 15.9. The van der Waals surface area contributed by atoms with Crippen molar-refractivity contribution in [2.45, 2.75) is 38.9 Å². The topological polar surface area (TPSA) is 59.8 Å². The van der Waals surface area contributed by atoms with Crippen LogP contribution in [0.25, 0.3) is 11.4 Å². The lowest BCUT2D eigenvalue weighted by atomic mass is 10.1. The molecule has 148 valence electrons. The Labute approximate surface area is 170 Å². The van der Waals surface area contributed by atoms with Crippen LogP contribution < -0.4 is 5.32 Å². The van der Waals surface area contributed by atoms with Crippen LogP contribution in [-0.4, -0.2) is 26.4 Å². The Bertz CT molecular complexity index is 1010. The molecule has 0 saturated heterocycles. The van der Waals surface area contributed by atoms with Crippen molar-refractivity contribution < 1.29 is 13.6 Å². The van der Waals surface area contributed by atoms with Gasteiger partial charge in [-0.2, -0.15) is 0 Å². The second-order valence-electron chi connectivity index (χ2n) is 6.56. The van der Waals surface area contributed by atoms with Crippen LogP contribution in [0.5, 0.6) is 0 Å². The molecule has 0 unspecified atom stereocenters. The van der Waals surface area contributed by atoms with Gasteiger partial charge in [0.1, 0.15) is 11.6 Å². The average Bonchev–Trinajstić information content (AvgIpc) is 3.19. The summed E-state index contributed by atoms with van der Waals surface area (Å²) in [5.74, 6) is -1.11. The van der Waals surface area contributed by atoms with Crippen LogP contribution in [0.2, 0.25) is 0 Å². The maximum absolute atomic E-state index is 13.7. The van der Waals surface area contributed by atoms with Gasteiger partial charge in [0.15, 0.2) is 11.0 Å². The van der Waals surface area contributed by atoms with Crippen LogP contribution in [0.3, 0.4) is 0 Å². The second-order valence-corrected chi connectivity index (χ2v) is 8.59. The van der Waals surface area contributed by atoms with Gasteiger partial charge in [-0.05, 0) is 45.4 Å². The van der Waals surface area contributed by atoms with E-state index in [1.54, 1.807) is 11.3 Å². The number of nitrogens with one attached hydrogen (secondary N) is 1. The Balaban J connectivity index is 1.75. The van der Waals surface area contributed by atoms with E-state index in [0.29, 0.717) is 5.16 Å². The molecule has 1 aromatic carbocycles. The molecule has 0 fully saturated rings. The monoisotopic (exact) mass is 422 g/mol. The number of hydrogen-bond donors (Lipinski definition) is 1. The molecule has 0 aliphatic carbocycles. The van der Waals surface area contributed by atoms with Gasteiger partial charge in [-0.3, -0.25) is 9.36 Å². The highest BCUT2D eigenvalue weighted by atomic mass is 32.2. The summed E-state index contributed by atoms with van der Waals surface area (Å²) in [5.41, 5.74) is 2.15. The summed E-state index contributed by atoms with van der Waals surface area (Å²) in [6.45, 7) is 8.17. The van der Waals surface area contributed by atoms with E-state index >= 15 is 0 Å². The molecule has 0 saturated carbocycles. The van der Waals surface area contributed by atoms with Gasteiger partial charge in [-0.1, -0.05) is 11.8 Å². The van der Waals surface area contributed by atoms with Crippen LogP contribution in [-0.2, 0) is 4.79 Å². The summed E-state index contributed by atoms with van der Waals surface area (Å²) in [6.07, 6.45) is 0. The predicted molar refractivity (Wildman–Crippen MR) is 109 cm³/mol. The first-order chi connectivity index (χ1) is 13.3. The number of anilines is 1. The van der Waals surface area contributed by atoms with Crippen molar-refractivity contribution in [3.05, 3.63) is 45.7 Å². The Morgan fingerprint density at radius 3 is 2.64 bits per heavy atom. The molecule has 0 atom stereocenters. The van der Waals surface area contributed by atoms with E-state index in [1.807, 2.05) is 18.4 Å².